The van der Waals surface area contributed by atoms with E-state index in [9.17, 15) is 9.59 Å². The summed E-state index contributed by atoms with van der Waals surface area (Å²) in [6.45, 7) is 1.00. The van der Waals surface area contributed by atoms with Gasteiger partial charge >= 0.3 is 0 Å². The van der Waals surface area contributed by atoms with Crippen molar-refractivity contribution in [1.29, 1.82) is 0 Å². The lowest BCUT2D eigenvalue weighted by atomic mass is 9.74. The molecule has 0 spiro atoms. The van der Waals surface area contributed by atoms with E-state index in [1.165, 1.54) is 0 Å². The number of rotatable bonds is 6. The summed E-state index contributed by atoms with van der Waals surface area (Å²) in [4.78, 5) is 31.5. The Hall–Kier alpha value is -3.47. The number of carbonyl (C=O) groups is 2. The zero-order valence-corrected chi connectivity index (χ0v) is 17.5. The summed E-state index contributed by atoms with van der Waals surface area (Å²) in [5.41, 5.74) is 9.23. The van der Waals surface area contributed by atoms with E-state index in [2.05, 4.69) is 41.4 Å². The minimum Gasteiger partial charge on any atom is -0.369 e. The predicted molar refractivity (Wildman–Crippen MR) is 121 cm³/mol. The largest absolute Gasteiger partial charge is 0.369 e. The fraction of sp³-hybridized carbons (Fsp3) is 0.269. The number of primary amides is 1. The van der Waals surface area contributed by atoms with E-state index < -0.39 is 5.41 Å². The van der Waals surface area contributed by atoms with Crippen LogP contribution in [0.5, 0.6) is 0 Å². The van der Waals surface area contributed by atoms with Crippen LogP contribution in [0.25, 0.3) is 11.1 Å². The molecule has 4 rings (SSSR count). The molecule has 3 aromatic rings. The third-order valence-corrected chi connectivity index (χ3v) is 6.11. The van der Waals surface area contributed by atoms with Crippen molar-refractivity contribution in [3.63, 3.8) is 0 Å². The summed E-state index contributed by atoms with van der Waals surface area (Å²) in [5.74, 6) is -0.349. The summed E-state index contributed by atoms with van der Waals surface area (Å²) in [6, 6.07) is 24.0. The SMILES string of the molecule is NC(=O)[C@@]1(Cc2ccc(-c3ccccc3)cc2)CCCN(C(=O)Cc2ccccn2)C1. The van der Waals surface area contributed by atoms with E-state index in [1.54, 1.807) is 11.1 Å². The second-order valence-corrected chi connectivity index (χ2v) is 8.30. The molecule has 0 radical (unpaired) electrons. The van der Waals surface area contributed by atoms with Gasteiger partial charge in [0.05, 0.1) is 11.8 Å². The van der Waals surface area contributed by atoms with Gasteiger partial charge in [-0.05, 0) is 48.1 Å². The Morgan fingerprint density at radius 2 is 1.65 bits per heavy atom. The van der Waals surface area contributed by atoms with E-state index in [-0.39, 0.29) is 18.2 Å². The highest BCUT2D eigenvalue weighted by molar-refractivity contribution is 5.84. The summed E-state index contributed by atoms with van der Waals surface area (Å²) in [5, 5.41) is 0. The first kappa shape index (κ1) is 20.8. The highest BCUT2D eigenvalue weighted by Crippen LogP contribution is 2.34. The van der Waals surface area contributed by atoms with Gasteiger partial charge in [-0.25, -0.2) is 0 Å². The average Bonchev–Trinajstić information content (AvgIpc) is 2.81. The molecule has 1 aromatic heterocycles. The molecule has 1 saturated heterocycles. The molecule has 1 aliphatic heterocycles. The summed E-state index contributed by atoms with van der Waals surface area (Å²) in [7, 11) is 0. The Kier molecular flexibility index (Phi) is 6.12. The molecular formula is C26H27N3O2. The maximum Gasteiger partial charge on any atom is 0.228 e. The fourth-order valence-electron chi connectivity index (χ4n) is 4.38. The number of nitrogens with two attached hydrogens (primary N) is 1. The molecule has 158 valence electrons. The van der Waals surface area contributed by atoms with Gasteiger partial charge in [0, 0.05) is 25.0 Å². The van der Waals surface area contributed by atoms with Crippen LogP contribution in [-0.4, -0.2) is 34.8 Å². The molecule has 2 aromatic carbocycles. The van der Waals surface area contributed by atoms with Crippen molar-refractivity contribution in [2.45, 2.75) is 25.7 Å². The third-order valence-electron chi connectivity index (χ3n) is 6.11. The standard InChI is InChI=1S/C26H27N3O2/c27-25(31)26(18-20-10-12-22(13-11-20)21-7-2-1-3-8-21)14-6-16-29(19-26)24(30)17-23-9-4-5-15-28-23/h1-5,7-13,15H,6,14,16-19H2,(H2,27,31)/t26-/m1/s1. The van der Waals surface area contributed by atoms with E-state index in [0.717, 1.165) is 28.8 Å². The van der Waals surface area contributed by atoms with Crippen LogP contribution in [0.3, 0.4) is 0 Å². The molecule has 1 atom stereocenters. The number of hydrogen-bond acceptors (Lipinski definition) is 3. The highest BCUT2D eigenvalue weighted by atomic mass is 16.2. The summed E-state index contributed by atoms with van der Waals surface area (Å²) in [6.07, 6.45) is 3.91. The monoisotopic (exact) mass is 413 g/mol. The number of benzene rings is 2. The molecule has 0 saturated carbocycles. The molecule has 0 bridgehead atoms. The van der Waals surface area contributed by atoms with Gasteiger partial charge in [0.2, 0.25) is 11.8 Å². The zero-order valence-electron chi connectivity index (χ0n) is 17.5. The van der Waals surface area contributed by atoms with Crippen molar-refractivity contribution in [1.82, 2.24) is 9.88 Å². The molecule has 0 aliphatic carbocycles. The number of hydrogen-bond donors (Lipinski definition) is 1. The van der Waals surface area contributed by atoms with Crippen molar-refractivity contribution >= 4 is 11.8 Å². The third kappa shape index (κ3) is 4.82. The van der Waals surface area contributed by atoms with Crippen molar-refractivity contribution in [2.24, 2.45) is 11.1 Å². The lowest BCUT2D eigenvalue weighted by molar-refractivity contribution is -0.139. The Labute approximate surface area is 182 Å². The van der Waals surface area contributed by atoms with Crippen molar-refractivity contribution in [3.8, 4) is 11.1 Å². The topological polar surface area (TPSA) is 76.3 Å². The fourth-order valence-corrected chi connectivity index (χ4v) is 4.38. The van der Waals surface area contributed by atoms with Gasteiger partial charge in [-0.1, -0.05) is 60.7 Å². The number of likely N-dealkylation sites (tertiary alicyclic amines) is 1. The summed E-state index contributed by atoms with van der Waals surface area (Å²) >= 11 is 0. The smallest absolute Gasteiger partial charge is 0.228 e. The zero-order chi connectivity index (χ0) is 21.7. The number of pyridine rings is 1. The maximum atomic E-state index is 12.9. The van der Waals surface area contributed by atoms with Crippen molar-refractivity contribution in [3.05, 3.63) is 90.3 Å². The van der Waals surface area contributed by atoms with Crippen molar-refractivity contribution < 1.29 is 9.59 Å². The molecule has 2 heterocycles. The van der Waals surface area contributed by atoms with Gasteiger partial charge in [-0.3, -0.25) is 14.6 Å². The molecule has 5 heteroatoms. The van der Waals surface area contributed by atoms with Crippen LogP contribution in [0.4, 0.5) is 0 Å². The number of amides is 2. The first-order chi connectivity index (χ1) is 15.1. The van der Waals surface area contributed by atoms with E-state index in [4.69, 9.17) is 5.73 Å². The maximum absolute atomic E-state index is 12.9. The van der Waals surface area contributed by atoms with Gasteiger partial charge in [0.1, 0.15) is 0 Å². The van der Waals surface area contributed by atoms with Crippen LogP contribution in [0.1, 0.15) is 24.1 Å². The van der Waals surface area contributed by atoms with Gasteiger partial charge in [-0.15, -0.1) is 0 Å². The van der Waals surface area contributed by atoms with Gasteiger partial charge in [0.25, 0.3) is 0 Å². The van der Waals surface area contributed by atoms with Crippen LogP contribution in [-0.2, 0) is 22.4 Å². The molecular weight excluding hydrogens is 386 g/mol. The minimum atomic E-state index is -0.744. The second-order valence-electron chi connectivity index (χ2n) is 8.30. The molecule has 31 heavy (non-hydrogen) atoms. The van der Waals surface area contributed by atoms with Crippen LogP contribution in [0.15, 0.2) is 79.0 Å². The number of piperidine rings is 1. The molecule has 2 N–H and O–H groups in total. The van der Waals surface area contributed by atoms with Crippen molar-refractivity contribution in [2.75, 3.05) is 13.1 Å². The minimum absolute atomic E-state index is 0.0107. The average molecular weight is 414 g/mol. The van der Waals surface area contributed by atoms with Crippen LogP contribution >= 0.6 is 0 Å². The van der Waals surface area contributed by atoms with Crippen LogP contribution in [0, 0.1) is 5.41 Å². The second kappa shape index (κ2) is 9.13. The van der Waals surface area contributed by atoms with Crippen LogP contribution < -0.4 is 5.73 Å². The van der Waals surface area contributed by atoms with E-state index in [1.807, 2.05) is 36.4 Å². The quantitative estimate of drug-likeness (QED) is 0.670. The predicted octanol–water partition coefficient (Wildman–Crippen LogP) is 3.63. The molecule has 0 unspecified atom stereocenters. The Morgan fingerprint density at radius 1 is 0.935 bits per heavy atom. The Balaban J connectivity index is 1.49. The van der Waals surface area contributed by atoms with E-state index in [0.29, 0.717) is 25.9 Å². The molecule has 5 nitrogen and oxygen atoms in total. The first-order valence-electron chi connectivity index (χ1n) is 10.7. The molecule has 1 fully saturated rings. The van der Waals surface area contributed by atoms with Gasteiger partial charge < -0.3 is 10.6 Å². The molecule has 1 aliphatic rings. The van der Waals surface area contributed by atoms with Crippen LogP contribution in [0.2, 0.25) is 0 Å². The Bertz CT molecular complexity index is 1040. The lowest BCUT2D eigenvalue weighted by Crippen LogP contribution is -2.53. The summed E-state index contributed by atoms with van der Waals surface area (Å²) < 4.78 is 0. The highest BCUT2D eigenvalue weighted by Gasteiger charge is 2.42. The molecule has 2 amide bonds. The lowest BCUT2D eigenvalue weighted by Gasteiger charge is -2.41. The number of aromatic nitrogens is 1. The van der Waals surface area contributed by atoms with Gasteiger partial charge in [0.15, 0.2) is 0 Å². The number of carbonyl (C=O) groups excluding carboxylic acids is 2. The normalized spacial score (nSPS) is 18.5. The first-order valence-corrected chi connectivity index (χ1v) is 10.7. The Morgan fingerprint density at radius 3 is 2.32 bits per heavy atom. The number of nitrogens with zero attached hydrogens (tertiary/aromatic N) is 2. The van der Waals surface area contributed by atoms with Gasteiger partial charge in [-0.2, -0.15) is 0 Å². The van der Waals surface area contributed by atoms with E-state index >= 15 is 0 Å².